The highest BCUT2D eigenvalue weighted by molar-refractivity contribution is 7.89. The molecule has 1 aromatic carbocycles. The van der Waals surface area contributed by atoms with Crippen molar-refractivity contribution in [2.45, 2.75) is 57.0 Å². The van der Waals surface area contributed by atoms with Crippen molar-refractivity contribution in [1.29, 1.82) is 0 Å². The van der Waals surface area contributed by atoms with E-state index in [0.29, 0.717) is 25.3 Å². The lowest BCUT2D eigenvalue weighted by atomic mass is 9.66. The number of carbonyl (C=O) groups is 1. The third-order valence-electron chi connectivity index (χ3n) is 5.37. The first-order chi connectivity index (χ1) is 12.0. The fraction of sp³-hybridized carbons (Fsp3) is 0.632. The topological polar surface area (TPSA) is 109 Å². The van der Waals surface area contributed by atoms with Gasteiger partial charge in [0.15, 0.2) is 0 Å². The molecule has 3 unspecified atom stereocenters. The third kappa shape index (κ3) is 4.84. The van der Waals surface area contributed by atoms with Crippen LogP contribution in [0.15, 0.2) is 29.2 Å². The number of rotatable bonds is 6. The zero-order valence-electron chi connectivity index (χ0n) is 15.7. The van der Waals surface area contributed by atoms with Gasteiger partial charge in [0.1, 0.15) is 5.60 Å². The van der Waals surface area contributed by atoms with Crippen LogP contribution in [0.2, 0.25) is 0 Å². The Bertz CT molecular complexity index is 748. The SMILES string of the molecule is CC1CCC(C(C)C)C(O)(C(=O)NCCc2cccc(S(N)(=O)=O)c2)C1. The number of sulfonamides is 1. The molecule has 1 saturated carbocycles. The lowest BCUT2D eigenvalue weighted by Crippen LogP contribution is -2.56. The van der Waals surface area contributed by atoms with Crippen LogP contribution in [0.4, 0.5) is 0 Å². The maximum Gasteiger partial charge on any atom is 0.252 e. The molecule has 1 amide bonds. The van der Waals surface area contributed by atoms with Gasteiger partial charge in [-0.15, -0.1) is 0 Å². The number of amides is 1. The Balaban J connectivity index is 2.01. The van der Waals surface area contributed by atoms with Gasteiger partial charge in [-0.2, -0.15) is 0 Å². The van der Waals surface area contributed by atoms with E-state index in [1.807, 2.05) is 13.8 Å². The molecule has 1 aromatic rings. The van der Waals surface area contributed by atoms with E-state index in [-0.39, 0.29) is 22.6 Å². The Morgan fingerprint density at radius 3 is 2.69 bits per heavy atom. The molecule has 6 nitrogen and oxygen atoms in total. The molecule has 1 aliphatic rings. The van der Waals surface area contributed by atoms with E-state index in [4.69, 9.17) is 5.14 Å². The lowest BCUT2D eigenvalue weighted by Gasteiger charge is -2.43. The summed E-state index contributed by atoms with van der Waals surface area (Å²) < 4.78 is 22.8. The van der Waals surface area contributed by atoms with Crippen LogP contribution in [-0.2, 0) is 21.2 Å². The number of benzene rings is 1. The second kappa shape index (κ2) is 8.06. The van der Waals surface area contributed by atoms with E-state index in [0.717, 1.165) is 18.4 Å². The second-order valence-corrected chi connectivity index (χ2v) is 9.42. The van der Waals surface area contributed by atoms with Crippen LogP contribution in [0.1, 0.15) is 45.6 Å². The van der Waals surface area contributed by atoms with E-state index < -0.39 is 15.6 Å². The van der Waals surface area contributed by atoms with Crippen LogP contribution < -0.4 is 10.5 Å². The maximum atomic E-state index is 12.7. The summed E-state index contributed by atoms with van der Waals surface area (Å²) in [5, 5.41) is 19.1. The first-order valence-electron chi connectivity index (χ1n) is 9.16. The van der Waals surface area contributed by atoms with Crippen molar-refractivity contribution in [3.8, 4) is 0 Å². The van der Waals surface area contributed by atoms with Crippen molar-refractivity contribution in [1.82, 2.24) is 5.32 Å². The molecule has 0 aliphatic heterocycles. The lowest BCUT2D eigenvalue weighted by molar-refractivity contribution is -0.155. The molecule has 0 radical (unpaired) electrons. The minimum Gasteiger partial charge on any atom is -0.380 e. The van der Waals surface area contributed by atoms with Gasteiger partial charge in [0, 0.05) is 6.54 Å². The average molecular weight is 383 g/mol. The zero-order valence-corrected chi connectivity index (χ0v) is 16.6. The minimum atomic E-state index is -3.74. The van der Waals surface area contributed by atoms with Gasteiger partial charge in [0.05, 0.1) is 4.90 Å². The van der Waals surface area contributed by atoms with Crippen LogP contribution in [0.25, 0.3) is 0 Å². The quantitative estimate of drug-likeness (QED) is 0.697. The highest BCUT2D eigenvalue weighted by Crippen LogP contribution is 2.41. The molecule has 4 N–H and O–H groups in total. The molecule has 0 spiro atoms. The molecule has 3 atom stereocenters. The molecule has 1 aliphatic carbocycles. The van der Waals surface area contributed by atoms with E-state index in [1.165, 1.54) is 12.1 Å². The Morgan fingerprint density at radius 1 is 1.38 bits per heavy atom. The van der Waals surface area contributed by atoms with Gasteiger partial charge < -0.3 is 10.4 Å². The van der Waals surface area contributed by atoms with Gasteiger partial charge in [-0.1, -0.05) is 39.3 Å². The van der Waals surface area contributed by atoms with Crippen LogP contribution in [-0.4, -0.2) is 31.6 Å². The molecular formula is C19H30N2O4S. The molecule has 7 heteroatoms. The van der Waals surface area contributed by atoms with Gasteiger partial charge in [-0.3, -0.25) is 4.79 Å². The molecule has 0 heterocycles. The van der Waals surface area contributed by atoms with Gasteiger partial charge in [0.2, 0.25) is 10.0 Å². The Morgan fingerprint density at radius 2 is 2.08 bits per heavy atom. The number of aliphatic hydroxyl groups is 1. The molecular weight excluding hydrogens is 352 g/mol. The van der Waals surface area contributed by atoms with Crippen molar-refractivity contribution in [2.75, 3.05) is 6.54 Å². The van der Waals surface area contributed by atoms with Crippen molar-refractivity contribution >= 4 is 15.9 Å². The summed E-state index contributed by atoms with van der Waals surface area (Å²) in [5.41, 5.74) is -0.574. The molecule has 1 fully saturated rings. The van der Waals surface area contributed by atoms with E-state index in [2.05, 4.69) is 12.2 Å². The monoisotopic (exact) mass is 382 g/mol. The smallest absolute Gasteiger partial charge is 0.252 e. The third-order valence-corrected chi connectivity index (χ3v) is 6.28. The molecule has 0 aromatic heterocycles. The van der Waals surface area contributed by atoms with Gasteiger partial charge in [-0.25, -0.2) is 13.6 Å². The molecule has 0 bridgehead atoms. The highest BCUT2D eigenvalue weighted by Gasteiger charge is 2.48. The van der Waals surface area contributed by atoms with Gasteiger partial charge >= 0.3 is 0 Å². The Kier molecular flexibility index (Phi) is 6.47. The largest absolute Gasteiger partial charge is 0.380 e. The normalized spacial score (nSPS) is 26.7. The summed E-state index contributed by atoms with van der Waals surface area (Å²) in [6, 6.07) is 6.36. The number of primary sulfonamides is 1. The molecule has 146 valence electrons. The Labute approximate surface area is 156 Å². The minimum absolute atomic E-state index is 0.0515. The average Bonchev–Trinajstić information content (AvgIpc) is 2.53. The van der Waals surface area contributed by atoms with E-state index in [9.17, 15) is 18.3 Å². The summed E-state index contributed by atoms with van der Waals surface area (Å²) in [6.45, 7) is 6.47. The molecule has 0 saturated heterocycles. The van der Waals surface area contributed by atoms with Crippen molar-refractivity contribution in [2.24, 2.45) is 22.9 Å². The first kappa shape index (κ1) is 20.9. The van der Waals surface area contributed by atoms with E-state index >= 15 is 0 Å². The van der Waals surface area contributed by atoms with Crippen molar-refractivity contribution < 1.29 is 18.3 Å². The fourth-order valence-electron chi connectivity index (χ4n) is 3.98. The van der Waals surface area contributed by atoms with Crippen LogP contribution in [0.3, 0.4) is 0 Å². The van der Waals surface area contributed by atoms with E-state index in [1.54, 1.807) is 12.1 Å². The number of hydrogen-bond donors (Lipinski definition) is 3. The molecule has 26 heavy (non-hydrogen) atoms. The molecule has 2 rings (SSSR count). The number of carbonyl (C=O) groups excluding carboxylic acids is 1. The van der Waals surface area contributed by atoms with Gasteiger partial charge in [-0.05, 0) is 54.7 Å². The summed E-state index contributed by atoms with van der Waals surface area (Å²) in [7, 11) is -3.74. The summed E-state index contributed by atoms with van der Waals surface area (Å²) in [6.07, 6.45) is 2.81. The second-order valence-electron chi connectivity index (χ2n) is 7.86. The summed E-state index contributed by atoms with van der Waals surface area (Å²) >= 11 is 0. The van der Waals surface area contributed by atoms with Crippen molar-refractivity contribution in [3.05, 3.63) is 29.8 Å². The predicted molar refractivity (Wildman–Crippen MR) is 101 cm³/mol. The number of nitrogens with one attached hydrogen (secondary N) is 1. The number of nitrogens with two attached hydrogens (primary N) is 1. The standard InChI is InChI=1S/C19H30N2O4S/c1-13(2)17-8-7-14(3)12-19(17,23)18(22)21-10-9-15-5-4-6-16(11-15)26(20,24)25/h4-6,11,13-14,17,23H,7-10,12H2,1-3H3,(H,21,22)(H2,20,24,25). The van der Waals surface area contributed by atoms with Crippen molar-refractivity contribution in [3.63, 3.8) is 0 Å². The Hall–Kier alpha value is -1.44. The van der Waals surface area contributed by atoms with Gasteiger partial charge in [0.25, 0.3) is 5.91 Å². The summed E-state index contributed by atoms with van der Waals surface area (Å²) in [5.74, 6) is 0.159. The maximum absolute atomic E-state index is 12.7. The highest BCUT2D eigenvalue weighted by atomic mass is 32.2. The van der Waals surface area contributed by atoms with Crippen LogP contribution in [0.5, 0.6) is 0 Å². The first-order valence-corrected chi connectivity index (χ1v) is 10.7. The zero-order chi connectivity index (χ0) is 19.5. The van der Waals surface area contributed by atoms with Crippen LogP contribution >= 0.6 is 0 Å². The fourth-order valence-corrected chi connectivity index (χ4v) is 4.57. The number of hydrogen-bond acceptors (Lipinski definition) is 4. The summed E-state index contributed by atoms with van der Waals surface area (Å²) in [4.78, 5) is 12.8. The van der Waals surface area contributed by atoms with Crippen LogP contribution in [0, 0.1) is 17.8 Å². The predicted octanol–water partition coefficient (Wildman–Crippen LogP) is 1.82.